The molecule has 3 nitrogen and oxygen atoms in total. The Labute approximate surface area is 130 Å². The first-order valence-corrected chi connectivity index (χ1v) is 8.22. The third-order valence-corrected chi connectivity index (χ3v) is 5.43. The Hall–Kier alpha value is -1.33. The van der Waals surface area contributed by atoms with Crippen LogP contribution in [0.4, 0.5) is 11.4 Å². The highest BCUT2D eigenvalue weighted by Crippen LogP contribution is 2.30. The lowest BCUT2D eigenvalue weighted by molar-refractivity contribution is 0.103. The number of thiophene rings is 1. The van der Waals surface area contributed by atoms with Gasteiger partial charge in [-0.3, -0.25) is 4.79 Å². The molecule has 0 atom stereocenters. The average Bonchev–Trinajstić information content (AvgIpc) is 2.87. The summed E-state index contributed by atoms with van der Waals surface area (Å²) in [6.07, 6.45) is 4.68. The highest BCUT2D eigenvalue weighted by atomic mass is 79.9. The van der Waals surface area contributed by atoms with Crippen LogP contribution in [0.15, 0.2) is 28.7 Å². The molecule has 1 amide bonds. The Morgan fingerprint density at radius 3 is 2.80 bits per heavy atom. The van der Waals surface area contributed by atoms with Crippen LogP contribution in [0, 0.1) is 0 Å². The fourth-order valence-corrected chi connectivity index (χ4v) is 3.81. The van der Waals surface area contributed by atoms with E-state index in [1.54, 1.807) is 17.4 Å². The number of hydrogen-bond acceptors (Lipinski definition) is 3. The predicted molar refractivity (Wildman–Crippen MR) is 87.5 cm³/mol. The van der Waals surface area contributed by atoms with Gasteiger partial charge in [-0.15, -0.1) is 11.3 Å². The van der Waals surface area contributed by atoms with E-state index in [0.717, 1.165) is 27.9 Å². The van der Waals surface area contributed by atoms with Crippen LogP contribution in [0.25, 0.3) is 0 Å². The number of benzene rings is 1. The van der Waals surface area contributed by atoms with Crippen LogP contribution < -0.4 is 11.1 Å². The topological polar surface area (TPSA) is 55.1 Å². The molecule has 1 aliphatic carbocycles. The van der Waals surface area contributed by atoms with Crippen LogP contribution in [0.3, 0.4) is 0 Å². The Balaban J connectivity index is 1.78. The zero-order valence-electron chi connectivity index (χ0n) is 10.9. The monoisotopic (exact) mass is 350 g/mol. The Bertz CT molecular complexity index is 642. The fraction of sp³-hybridized carbons (Fsp3) is 0.267. The first kappa shape index (κ1) is 13.6. The third kappa shape index (κ3) is 2.74. The lowest BCUT2D eigenvalue weighted by Gasteiger charge is -2.08. The van der Waals surface area contributed by atoms with Crippen molar-refractivity contribution in [2.45, 2.75) is 25.7 Å². The second-order valence-electron chi connectivity index (χ2n) is 4.96. The molecule has 2 aromatic rings. The molecule has 3 N–H and O–H groups in total. The summed E-state index contributed by atoms with van der Waals surface area (Å²) in [6, 6.07) is 7.47. The lowest BCUT2D eigenvalue weighted by atomic mass is 9.99. The van der Waals surface area contributed by atoms with E-state index in [2.05, 4.69) is 21.2 Å². The van der Waals surface area contributed by atoms with Crippen molar-refractivity contribution < 1.29 is 4.79 Å². The molecule has 0 saturated carbocycles. The van der Waals surface area contributed by atoms with Gasteiger partial charge < -0.3 is 11.1 Å². The van der Waals surface area contributed by atoms with Crippen molar-refractivity contribution in [1.82, 2.24) is 0 Å². The van der Waals surface area contributed by atoms with E-state index >= 15 is 0 Å². The predicted octanol–water partition coefficient (Wildman–Crippen LogP) is 4.22. The molecule has 0 saturated heterocycles. The Kier molecular flexibility index (Phi) is 3.81. The maximum Gasteiger partial charge on any atom is 0.265 e. The molecule has 0 unspecified atom stereocenters. The molecule has 1 aliphatic rings. The summed E-state index contributed by atoms with van der Waals surface area (Å²) in [5.74, 6) is -0.0499. The van der Waals surface area contributed by atoms with Gasteiger partial charge in [-0.25, -0.2) is 0 Å². The first-order chi connectivity index (χ1) is 9.63. The van der Waals surface area contributed by atoms with Gasteiger partial charge in [-0.2, -0.15) is 0 Å². The van der Waals surface area contributed by atoms with Crippen LogP contribution in [0.5, 0.6) is 0 Å². The van der Waals surface area contributed by atoms with Gasteiger partial charge in [0.1, 0.15) is 0 Å². The van der Waals surface area contributed by atoms with Crippen molar-refractivity contribution in [2.24, 2.45) is 0 Å². The second-order valence-corrected chi connectivity index (χ2v) is 6.95. The molecule has 1 aromatic carbocycles. The zero-order valence-corrected chi connectivity index (χ0v) is 13.3. The molecule has 0 spiro atoms. The lowest BCUT2D eigenvalue weighted by Crippen LogP contribution is -2.10. The number of nitrogen functional groups attached to an aromatic ring is 1. The van der Waals surface area contributed by atoms with E-state index in [1.807, 2.05) is 18.2 Å². The standard InChI is InChI=1S/C15H15BrN2OS/c16-11-6-5-10(8-12(11)17)18-15(19)14-7-9-3-1-2-4-13(9)20-14/h5-8H,1-4,17H2,(H,18,19). The number of nitrogens with two attached hydrogens (primary N) is 1. The minimum absolute atomic E-state index is 0.0499. The molecular weight excluding hydrogens is 336 g/mol. The number of fused-ring (bicyclic) bond motifs is 1. The van der Waals surface area contributed by atoms with Gasteiger partial charge in [-0.1, -0.05) is 0 Å². The van der Waals surface area contributed by atoms with Gasteiger partial charge >= 0.3 is 0 Å². The molecule has 1 heterocycles. The fourth-order valence-electron chi connectivity index (χ4n) is 2.42. The largest absolute Gasteiger partial charge is 0.398 e. The molecule has 20 heavy (non-hydrogen) atoms. The smallest absolute Gasteiger partial charge is 0.265 e. The zero-order chi connectivity index (χ0) is 14.1. The van der Waals surface area contributed by atoms with Crippen LogP contribution in [-0.2, 0) is 12.8 Å². The third-order valence-electron chi connectivity index (χ3n) is 3.47. The van der Waals surface area contributed by atoms with Gasteiger partial charge in [0, 0.05) is 20.7 Å². The Morgan fingerprint density at radius 2 is 2.05 bits per heavy atom. The van der Waals surface area contributed by atoms with Gasteiger partial charge in [0.05, 0.1) is 4.88 Å². The number of anilines is 2. The molecule has 1 aromatic heterocycles. The van der Waals surface area contributed by atoms with Crippen molar-refractivity contribution in [1.29, 1.82) is 0 Å². The molecule has 0 bridgehead atoms. The molecular formula is C15H15BrN2OS. The van der Waals surface area contributed by atoms with Gasteiger partial charge in [-0.05, 0) is 71.4 Å². The average molecular weight is 351 g/mol. The van der Waals surface area contributed by atoms with Crippen molar-refractivity contribution in [2.75, 3.05) is 11.1 Å². The van der Waals surface area contributed by atoms with Gasteiger partial charge in [0.2, 0.25) is 0 Å². The van der Waals surface area contributed by atoms with Crippen LogP contribution >= 0.6 is 27.3 Å². The van der Waals surface area contributed by atoms with E-state index in [9.17, 15) is 4.79 Å². The molecule has 104 valence electrons. The number of carbonyl (C=O) groups is 1. The summed E-state index contributed by atoms with van der Waals surface area (Å²) >= 11 is 4.96. The van der Waals surface area contributed by atoms with E-state index in [4.69, 9.17) is 5.73 Å². The number of halogens is 1. The SMILES string of the molecule is Nc1cc(NC(=O)c2cc3c(s2)CCCC3)ccc1Br. The van der Waals surface area contributed by atoms with Crippen LogP contribution in [0.1, 0.15) is 33.0 Å². The number of nitrogens with one attached hydrogen (secondary N) is 1. The summed E-state index contributed by atoms with van der Waals surface area (Å²) in [6.45, 7) is 0. The van der Waals surface area contributed by atoms with Crippen LogP contribution in [0.2, 0.25) is 0 Å². The molecule has 5 heteroatoms. The Morgan fingerprint density at radius 1 is 1.25 bits per heavy atom. The summed E-state index contributed by atoms with van der Waals surface area (Å²) < 4.78 is 0.835. The van der Waals surface area contributed by atoms with Crippen molar-refractivity contribution in [3.63, 3.8) is 0 Å². The highest BCUT2D eigenvalue weighted by Gasteiger charge is 2.17. The van der Waals surface area contributed by atoms with E-state index in [1.165, 1.54) is 23.3 Å². The minimum Gasteiger partial charge on any atom is -0.398 e. The van der Waals surface area contributed by atoms with Crippen molar-refractivity contribution in [3.05, 3.63) is 44.1 Å². The van der Waals surface area contributed by atoms with E-state index in [-0.39, 0.29) is 5.91 Å². The number of aryl methyl sites for hydroxylation is 2. The maximum absolute atomic E-state index is 12.3. The van der Waals surface area contributed by atoms with E-state index in [0.29, 0.717) is 5.69 Å². The van der Waals surface area contributed by atoms with Crippen molar-refractivity contribution in [3.8, 4) is 0 Å². The molecule has 0 fully saturated rings. The minimum atomic E-state index is -0.0499. The first-order valence-electron chi connectivity index (χ1n) is 6.61. The second kappa shape index (κ2) is 5.58. The summed E-state index contributed by atoms with van der Waals surface area (Å²) in [4.78, 5) is 14.4. The number of hydrogen-bond donors (Lipinski definition) is 2. The van der Waals surface area contributed by atoms with Crippen molar-refractivity contribution >= 4 is 44.5 Å². The molecule has 0 radical (unpaired) electrons. The summed E-state index contributed by atoms with van der Waals surface area (Å²) in [5.41, 5.74) is 8.51. The normalized spacial score (nSPS) is 13.8. The number of carbonyl (C=O) groups excluding carboxylic acids is 1. The molecule has 0 aliphatic heterocycles. The van der Waals surface area contributed by atoms with Crippen LogP contribution in [-0.4, -0.2) is 5.91 Å². The van der Waals surface area contributed by atoms with Gasteiger partial charge in [0.15, 0.2) is 0 Å². The number of amides is 1. The molecule has 3 rings (SSSR count). The summed E-state index contributed by atoms with van der Waals surface area (Å²) in [5, 5.41) is 2.91. The summed E-state index contributed by atoms with van der Waals surface area (Å²) in [7, 11) is 0. The van der Waals surface area contributed by atoms with Gasteiger partial charge in [0.25, 0.3) is 5.91 Å². The van der Waals surface area contributed by atoms with E-state index < -0.39 is 0 Å². The maximum atomic E-state index is 12.3. The number of rotatable bonds is 2. The quantitative estimate of drug-likeness (QED) is 0.796. The highest BCUT2D eigenvalue weighted by molar-refractivity contribution is 9.10.